The Labute approximate surface area is 114 Å². The highest BCUT2D eigenvalue weighted by molar-refractivity contribution is 6.29. The van der Waals surface area contributed by atoms with Crippen molar-refractivity contribution in [2.75, 3.05) is 24.1 Å². The summed E-state index contributed by atoms with van der Waals surface area (Å²) in [4.78, 5) is 19.2. The van der Waals surface area contributed by atoms with Gasteiger partial charge in [-0.3, -0.25) is 4.79 Å². The minimum Gasteiger partial charge on any atom is -0.459 e. The first-order valence-corrected chi connectivity index (χ1v) is 5.88. The van der Waals surface area contributed by atoms with Gasteiger partial charge >= 0.3 is 0 Å². The van der Waals surface area contributed by atoms with Crippen molar-refractivity contribution in [2.24, 2.45) is 0 Å². The molecule has 0 aromatic carbocycles. The molecule has 0 aliphatic heterocycles. The summed E-state index contributed by atoms with van der Waals surface area (Å²) in [5, 5.41) is 5.91. The van der Waals surface area contributed by atoms with Gasteiger partial charge in [-0.1, -0.05) is 11.6 Å². The lowest BCUT2D eigenvalue weighted by molar-refractivity contribution is 0.0927. The Hall–Kier alpha value is -2.28. The first-order valence-electron chi connectivity index (χ1n) is 5.51. The molecule has 8 heteroatoms. The number of carbonyl (C=O) groups is 1. The van der Waals surface area contributed by atoms with Crippen LogP contribution in [0.15, 0.2) is 28.9 Å². The van der Waals surface area contributed by atoms with Crippen LogP contribution < -0.4 is 16.4 Å². The lowest BCUT2D eigenvalue weighted by atomic mass is 10.4. The molecule has 2 aromatic heterocycles. The van der Waals surface area contributed by atoms with Crippen LogP contribution >= 0.6 is 11.6 Å². The summed E-state index contributed by atoms with van der Waals surface area (Å²) in [6.45, 7) is 0.875. The molecule has 19 heavy (non-hydrogen) atoms. The molecule has 0 atom stereocenters. The number of halogens is 1. The smallest absolute Gasteiger partial charge is 0.287 e. The zero-order chi connectivity index (χ0) is 13.7. The van der Waals surface area contributed by atoms with Crippen LogP contribution in [0, 0.1) is 0 Å². The second-order valence-electron chi connectivity index (χ2n) is 3.59. The second-order valence-corrected chi connectivity index (χ2v) is 3.98. The lowest BCUT2D eigenvalue weighted by Gasteiger charge is -2.07. The minimum atomic E-state index is -0.271. The number of nitrogens with two attached hydrogens (primary N) is 1. The van der Waals surface area contributed by atoms with E-state index in [4.69, 9.17) is 21.8 Å². The fraction of sp³-hybridized carbons (Fsp3) is 0.182. The van der Waals surface area contributed by atoms with E-state index in [9.17, 15) is 4.79 Å². The highest BCUT2D eigenvalue weighted by Gasteiger charge is 2.06. The van der Waals surface area contributed by atoms with E-state index >= 15 is 0 Å². The molecule has 2 heterocycles. The number of aromatic nitrogens is 2. The molecular weight excluding hydrogens is 270 g/mol. The summed E-state index contributed by atoms with van der Waals surface area (Å²) in [6.07, 6.45) is 1.44. The Morgan fingerprint density at radius 3 is 2.95 bits per heavy atom. The van der Waals surface area contributed by atoms with Crippen LogP contribution in [0.25, 0.3) is 0 Å². The summed E-state index contributed by atoms with van der Waals surface area (Å²) < 4.78 is 4.96. The number of nitrogens with zero attached hydrogens (tertiary/aromatic N) is 2. The molecule has 7 nitrogen and oxygen atoms in total. The SMILES string of the molecule is Nc1nc(Cl)cc(NCCNC(=O)c2ccco2)n1. The molecular formula is C11H12ClN5O2. The fourth-order valence-corrected chi connectivity index (χ4v) is 1.58. The Bertz CT molecular complexity index is 538. The summed E-state index contributed by atoms with van der Waals surface area (Å²) in [7, 11) is 0. The number of rotatable bonds is 5. The van der Waals surface area contributed by atoms with Crippen LogP contribution in [-0.4, -0.2) is 29.0 Å². The Morgan fingerprint density at radius 1 is 1.42 bits per heavy atom. The first kappa shape index (κ1) is 13.2. The van der Waals surface area contributed by atoms with Gasteiger partial charge in [-0.05, 0) is 12.1 Å². The molecule has 0 saturated heterocycles. The average Bonchev–Trinajstić information content (AvgIpc) is 2.87. The molecule has 0 unspecified atom stereocenters. The quantitative estimate of drug-likeness (QED) is 0.561. The third kappa shape index (κ3) is 3.85. The molecule has 0 aliphatic carbocycles. The average molecular weight is 282 g/mol. The van der Waals surface area contributed by atoms with Crippen molar-refractivity contribution in [3.05, 3.63) is 35.4 Å². The lowest BCUT2D eigenvalue weighted by Crippen LogP contribution is -2.28. The van der Waals surface area contributed by atoms with Crippen molar-refractivity contribution in [3.8, 4) is 0 Å². The molecule has 0 radical (unpaired) electrons. The molecule has 0 bridgehead atoms. The van der Waals surface area contributed by atoms with E-state index in [0.29, 0.717) is 18.9 Å². The number of furan rings is 1. The van der Waals surface area contributed by atoms with Crippen molar-refractivity contribution in [2.45, 2.75) is 0 Å². The fourth-order valence-electron chi connectivity index (χ4n) is 1.39. The normalized spacial score (nSPS) is 10.2. The number of anilines is 2. The number of carbonyl (C=O) groups excluding carboxylic acids is 1. The number of nitrogen functional groups attached to an aromatic ring is 1. The van der Waals surface area contributed by atoms with Crippen LogP contribution in [-0.2, 0) is 0 Å². The number of amides is 1. The molecule has 0 fully saturated rings. The van der Waals surface area contributed by atoms with Gasteiger partial charge in [0.15, 0.2) is 5.76 Å². The molecule has 0 saturated carbocycles. The van der Waals surface area contributed by atoms with Gasteiger partial charge < -0.3 is 20.8 Å². The molecule has 2 aromatic rings. The van der Waals surface area contributed by atoms with Gasteiger partial charge in [0.1, 0.15) is 11.0 Å². The van der Waals surface area contributed by atoms with Crippen molar-refractivity contribution in [1.82, 2.24) is 15.3 Å². The van der Waals surface area contributed by atoms with E-state index < -0.39 is 0 Å². The van der Waals surface area contributed by atoms with Crippen LogP contribution in [0.4, 0.5) is 11.8 Å². The standard InChI is InChI=1S/C11H12ClN5O2/c12-8-6-9(17-11(13)16-8)14-3-4-15-10(18)7-2-1-5-19-7/h1-2,5-6H,3-4H2,(H,15,18)(H3,13,14,16,17). The van der Waals surface area contributed by atoms with Gasteiger partial charge in [0.25, 0.3) is 5.91 Å². The predicted molar refractivity (Wildman–Crippen MR) is 71.0 cm³/mol. The predicted octanol–water partition coefficient (Wildman–Crippen LogP) is 1.15. The summed E-state index contributed by atoms with van der Waals surface area (Å²) in [5.74, 6) is 0.598. The molecule has 2 rings (SSSR count). The van der Waals surface area contributed by atoms with E-state index in [0.717, 1.165) is 0 Å². The number of hydrogen-bond acceptors (Lipinski definition) is 6. The minimum absolute atomic E-state index is 0.0922. The van der Waals surface area contributed by atoms with E-state index in [-0.39, 0.29) is 22.8 Å². The van der Waals surface area contributed by atoms with Crippen LogP contribution in [0.2, 0.25) is 5.15 Å². The third-order valence-corrected chi connectivity index (χ3v) is 2.37. The molecule has 0 aliphatic rings. The summed E-state index contributed by atoms with van der Waals surface area (Å²) in [5.41, 5.74) is 5.45. The van der Waals surface area contributed by atoms with Crippen LogP contribution in [0.1, 0.15) is 10.6 Å². The largest absolute Gasteiger partial charge is 0.459 e. The Morgan fingerprint density at radius 2 is 2.26 bits per heavy atom. The number of hydrogen-bond donors (Lipinski definition) is 3. The van der Waals surface area contributed by atoms with Gasteiger partial charge in [0.05, 0.1) is 6.26 Å². The third-order valence-electron chi connectivity index (χ3n) is 2.17. The first-order chi connectivity index (χ1) is 9.15. The molecule has 1 amide bonds. The van der Waals surface area contributed by atoms with E-state index in [1.165, 1.54) is 6.26 Å². The highest BCUT2D eigenvalue weighted by atomic mass is 35.5. The maximum Gasteiger partial charge on any atom is 0.287 e. The van der Waals surface area contributed by atoms with Gasteiger partial charge in [-0.25, -0.2) is 4.98 Å². The van der Waals surface area contributed by atoms with Crippen LogP contribution in [0.3, 0.4) is 0 Å². The summed E-state index contributed by atoms with van der Waals surface area (Å²) >= 11 is 5.73. The monoisotopic (exact) mass is 281 g/mol. The molecule has 0 spiro atoms. The van der Waals surface area contributed by atoms with Gasteiger partial charge in [0.2, 0.25) is 5.95 Å². The topological polar surface area (TPSA) is 106 Å². The summed E-state index contributed by atoms with van der Waals surface area (Å²) in [6, 6.07) is 4.79. The van der Waals surface area contributed by atoms with Crippen molar-refractivity contribution < 1.29 is 9.21 Å². The maximum absolute atomic E-state index is 11.5. The van der Waals surface area contributed by atoms with E-state index in [1.54, 1.807) is 18.2 Å². The maximum atomic E-state index is 11.5. The van der Waals surface area contributed by atoms with Gasteiger partial charge in [0, 0.05) is 19.2 Å². The Balaban J connectivity index is 1.76. The number of nitrogens with one attached hydrogen (secondary N) is 2. The van der Waals surface area contributed by atoms with E-state index in [1.807, 2.05) is 0 Å². The zero-order valence-corrected chi connectivity index (χ0v) is 10.6. The van der Waals surface area contributed by atoms with E-state index in [2.05, 4.69) is 20.6 Å². The second kappa shape index (κ2) is 6.05. The van der Waals surface area contributed by atoms with Crippen molar-refractivity contribution in [3.63, 3.8) is 0 Å². The van der Waals surface area contributed by atoms with Crippen molar-refractivity contribution >= 4 is 29.3 Å². The highest BCUT2D eigenvalue weighted by Crippen LogP contribution is 2.11. The zero-order valence-electron chi connectivity index (χ0n) is 9.89. The molecule has 100 valence electrons. The van der Waals surface area contributed by atoms with Crippen LogP contribution in [0.5, 0.6) is 0 Å². The van der Waals surface area contributed by atoms with Crippen molar-refractivity contribution in [1.29, 1.82) is 0 Å². The van der Waals surface area contributed by atoms with Gasteiger partial charge in [-0.2, -0.15) is 4.98 Å². The van der Waals surface area contributed by atoms with Gasteiger partial charge in [-0.15, -0.1) is 0 Å². The molecule has 4 N–H and O–H groups in total. The Kier molecular flexibility index (Phi) is 4.19.